The van der Waals surface area contributed by atoms with Crippen LogP contribution in [0.2, 0.25) is 0 Å². The van der Waals surface area contributed by atoms with Crippen molar-refractivity contribution in [1.82, 2.24) is 0 Å². The number of carbonyl (C=O) groups excluding carboxylic acids is 2. The summed E-state index contributed by atoms with van der Waals surface area (Å²) in [5.74, 6) is 0.0327. The highest BCUT2D eigenvalue weighted by atomic mass is 32.1. The Bertz CT molecular complexity index is 1150. The summed E-state index contributed by atoms with van der Waals surface area (Å²) >= 11 is 1.43. The minimum Gasteiger partial charge on any atom is -0.491 e. The van der Waals surface area contributed by atoms with E-state index in [4.69, 9.17) is 4.74 Å². The van der Waals surface area contributed by atoms with Crippen LogP contribution in [0.15, 0.2) is 71.7 Å². The molecule has 4 rings (SSSR count). The molecule has 1 aliphatic heterocycles. The summed E-state index contributed by atoms with van der Waals surface area (Å²) in [6.45, 7) is 3.93. The van der Waals surface area contributed by atoms with Gasteiger partial charge in [0, 0.05) is 30.3 Å². The molecule has 0 aliphatic carbocycles. The summed E-state index contributed by atoms with van der Waals surface area (Å²) in [5, 5.41) is 5.07. The third-order valence-corrected chi connectivity index (χ3v) is 5.86. The highest BCUT2D eigenvalue weighted by molar-refractivity contribution is 7.11. The Morgan fingerprint density at radius 3 is 2.19 bits per heavy atom. The number of hydrogen-bond acceptors (Lipinski definition) is 6. The second kappa shape index (κ2) is 8.88. The standard InChI is InChI=1S/C25H25N3O3S/c1-16(2)31-20-13-7-17(8-14-20)26-23-22(21-6-5-15-32-21)24(29)28(25(23)30)19-11-9-18(10-12-19)27(3)4/h5-16,26H,1-4H3. The Morgan fingerprint density at radius 1 is 0.938 bits per heavy atom. The molecule has 0 spiro atoms. The molecule has 164 valence electrons. The maximum Gasteiger partial charge on any atom is 0.282 e. The van der Waals surface area contributed by atoms with Crippen LogP contribution in [0.4, 0.5) is 17.1 Å². The Kier molecular flexibility index (Phi) is 6.01. The first-order valence-corrected chi connectivity index (χ1v) is 11.2. The Balaban J connectivity index is 1.68. The van der Waals surface area contributed by atoms with Crippen molar-refractivity contribution in [2.45, 2.75) is 20.0 Å². The number of carbonyl (C=O) groups is 2. The summed E-state index contributed by atoms with van der Waals surface area (Å²) in [7, 11) is 3.88. The zero-order valence-corrected chi connectivity index (χ0v) is 19.3. The molecule has 0 saturated heterocycles. The fourth-order valence-corrected chi connectivity index (χ4v) is 4.23. The Hall–Kier alpha value is -3.58. The lowest BCUT2D eigenvalue weighted by Gasteiger charge is -2.18. The summed E-state index contributed by atoms with van der Waals surface area (Å²) in [6.07, 6.45) is 0.0726. The molecule has 0 fully saturated rings. The third-order valence-electron chi connectivity index (χ3n) is 4.97. The molecule has 0 unspecified atom stereocenters. The molecular formula is C25H25N3O3S. The smallest absolute Gasteiger partial charge is 0.282 e. The average molecular weight is 448 g/mol. The van der Waals surface area contributed by atoms with Gasteiger partial charge >= 0.3 is 0 Å². The SMILES string of the molecule is CC(C)Oc1ccc(NC2=C(c3cccs3)C(=O)N(c3ccc(N(C)C)cc3)C2=O)cc1. The maximum atomic E-state index is 13.4. The van der Waals surface area contributed by atoms with E-state index in [1.807, 2.05) is 86.8 Å². The predicted octanol–water partition coefficient (Wildman–Crippen LogP) is 5.00. The molecule has 1 aromatic heterocycles. The van der Waals surface area contributed by atoms with Gasteiger partial charge in [-0.1, -0.05) is 6.07 Å². The van der Waals surface area contributed by atoms with Crippen molar-refractivity contribution in [1.29, 1.82) is 0 Å². The van der Waals surface area contributed by atoms with Crippen LogP contribution in [-0.4, -0.2) is 32.0 Å². The normalized spacial score (nSPS) is 13.8. The van der Waals surface area contributed by atoms with Crippen molar-refractivity contribution < 1.29 is 14.3 Å². The lowest BCUT2D eigenvalue weighted by atomic mass is 10.2. The first-order chi connectivity index (χ1) is 15.3. The lowest BCUT2D eigenvalue weighted by Crippen LogP contribution is -2.32. The third kappa shape index (κ3) is 4.24. The molecule has 0 saturated carbocycles. The van der Waals surface area contributed by atoms with E-state index >= 15 is 0 Å². The molecule has 7 heteroatoms. The number of rotatable bonds is 7. The van der Waals surface area contributed by atoms with Gasteiger partial charge in [0.15, 0.2) is 0 Å². The van der Waals surface area contributed by atoms with E-state index in [9.17, 15) is 9.59 Å². The van der Waals surface area contributed by atoms with Gasteiger partial charge in [0.25, 0.3) is 11.8 Å². The van der Waals surface area contributed by atoms with Gasteiger partial charge in [0.1, 0.15) is 11.4 Å². The highest BCUT2D eigenvalue weighted by Crippen LogP contribution is 2.36. The van der Waals surface area contributed by atoms with Gasteiger partial charge in [-0.3, -0.25) is 9.59 Å². The zero-order valence-electron chi connectivity index (χ0n) is 18.5. The molecule has 1 N–H and O–H groups in total. The number of amides is 2. The monoisotopic (exact) mass is 447 g/mol. The number of nitrogens with one attached hydrogen (secondary N) is 1. The summed E-state index contributed by atoms with van der Waals surface area (Å²) in [4.78, 5) is 30.7. The van der Waals surface area contributed by atoms with Crippen LogP contribution in [0, 0.1) is 0 Å². The van der Waals surface area contributed by atoms with E-state index in [1.54, 1.807) is 12.1 Å². The van der Waals surface area contributed by atoms with Crippen LogP contribution in [0.3, 0.4) is 0 Å². The van der Waals surface area contributed by atoms with E-state index in [0.29, 0.717) is 16.9 Å². The first-order valence-electron chi connectivity index (χ1n) is 10.3. The summed E-state index contributed by atoms with van der Waals surface area (Å²) in [6, 6.07) is 18.4. The van der Waals surface area contributed by atoms with Gasteiger partial charge in [-0.25, -0.2) is 4.90 Å². The van der Waals surface area contributed by atoms with Crippen LogP contribution >= 0.6 is 11.3 Å². The van der Waals surface area contributed by atoms with Crippen LogP contribution < -0.4 is 19.9 Å². The Morgan fingerprint density at radius 2 is 1.62 bits per heavy atom. The Labute approximate surface area is 191 Å². The van der Waals surface area contributed by atoms with Crippen LogP contribution in [0.1, 0.15) is 18.7 Å². The van der Waals surface area contributed by atoms with Crippen LogP contribution in [-0.2, 0) is 9.59 Å². The minimum atomic E-state index is -0.376. The fraction of sp³-hybridized carbons (Fsp3) is 0.200. The van der Waals surface area contributed by atoms with E-state index < -0.39 is 0 Å². The number of imide groups is 1. The molecule has 0 atom stereocenters. The summed E-state index contributed by atoms with van der Waals surface area (Å²) < 4.78 is 5.69. The minimum absolute atomic E-state index is 0.0726. The second-order valence-corrected chi connectivity index (χ2v) is 8.85. The second-order valence-electron chi connectivity index (χ2n) is 7.90. The molecule has 2 aromatic carbocycles. The lowest BCUT2D eigenvalue weighted by molar-refractivity contribution is -0.120. The molecule has 0 bridgehead atoms. The van der Waals surface area contributed by atoms with Crippen molar-refractivity contribution in [2.24, 2.45) is 0 Å². The largest absolute Gasteiger partial charge is 0.491 e. The van der Waals surface area contributed by atoms with Gasteiger partial charge in [0.2, 0.25) is 0 Å². The van der Waals surface area contributed by atoms with Crippen molar-refractivity contribution in [3.8, 4) is 5.75 Å². The highest BCUT2D eigenvalue weighted by Gasteiger charge is 2.40. The molecule has 0 radical (unpaired) electrons. The van der Waals surface area contributed by atoms with Gasteiger partial charge in [-0.15, -0.1) is 11.3 Å². The fourth-order valence-electron chi connectivity index (χ4n) is 3.46. The van der Waals surface area contributed by atoms with Crippen molar-refractivity contribution >= 4 is 45.8 Å². The van der Waals surface area contributed by atoms with Crippen LogP contribution in [0.5, 0.6) is 5.75 Å². The number of benzene rings is 2. The number of anilines is 3. The molecule has 1 aliphatic rings. The maximum absolute atomic E-state index is 13.4. The predicted molar refractivity (Wildman–Crippen MR) is 130 cm³/mol. The molecule has 2 amide bonds. The number of hydrogen-bond donors (Lipinski definition) is 1. The molecular weight excluding hydrogens is 422 g/mol. The average Bonchev–Trinajstić information content (AvgIpc) is 3.36. The molecule has 2 heterocycles. The van der Waals surface area contributed by atoms with Gasteiger partial charge in [0.05, 0.1) is 17.4 Å². The van der Waals surface area contributed by atoms with E-state index in [2.05, 4.69) is 5.32 Å². The van der Waals surface area contributed by atoms with Crippen molar-refractivity contribution in [3.05, 3.63) is 76.6 Å². The quantitative estimate of drug-likeness (QED) is 0.517. The summed E-state index contributed by atoms with van der Waals surface area (Å²) in [5.41, 5.74) is 2.88. The number of thiophene rings is 1. The van der Waals surface area contributed by atoms with Crippen LogP contribution in [0.25, 0.3) is 5.57 Å². The van der Waals surface area contributed by atoms with Gasteiger partial charge in [-0.2, -0.15) is 0 Å². The van der Waals surface area contributed by atoms with E-state index in [0.717, 1.165) is 16.3 Å². The van der Waals surface area contributed by atoms with Gasteiger partial charge in [-0.05, 0) is 73.8 Å². The first kappa shape index (κ1) is 21.6. The van der Waals surface area contributed by atoms with E-state index in [1.165, 1.54) is 16.2 Å². The molecule has 32 heavy (non-hydrogen) atoms. The number of ether oxygens (including phenoxy) is 1. The molecule has 6 nitrogen and oxygen atoms in total. The topological polar surface area (TPSA) is 61.9 Å². The van der Waals surface area contributed by atoms with Crippen molar-refractivity contribution in [3.63, 3.8) is 0 Å². The molecule has 3 aromatic rings. The zero-order chi connectivity index (χ0) is 22.8. The number of nitrogens with zero attached hydrogens (tertiary/aromatic N) is 2. The van der Waals surface area contributed by atoms with E-state index in [-0.39, 0.29) is 23.6 Å². The van der Waals surface area contributed by atoms with Crippen molar-refractivity contribution in [2.75, 3.05) is 29.2 Å². The van der Waals surface area contributed by atoms with Gasteiger partial charge < -0.3 is 15.0 Å².